The molecule has 2 rings (SSSR count). The molecule has 0 bridgehead atoms. The van der Waals surface area contributed by atoms with Gasteiger partial charge in [0.15, 0.2) is 0 Å². The van der Waals surface area contributed by atoms with E-state index in [-0.39, 0.29) is 5.92 Å². The van der Waals surface area contributed by atoms with Gasteiger partial charge in [0.2, 0.25) is 0 Å². The number of rotatable bonds is 3. The number of hydrogen-bond donors (Lipinski definition) is 0. The lowest BCUT2D eigenvalue weighted by atomic mass is 9.96. The average Bonchev–Trinajstić information content (AvgIpc) is 2.78. The standard InChI is InChI=1S/C14H15NO/c1-15(2)13-8-7-11(9-13)14-6-4-3-5-12(14)10-16/h3-11H,1-2H3. The van der Waals surface area contributed by atoms with Crippen LogP contribution in [-0.4, -0.2) is 25.3 Å². The molecule has 0 N–H and O–H groups in total. The van der Waals surface area contributed by atoms with Gasteiger partial charge in [-0.25, -0.2) is 0 Å². The molecule has 0 radical (unpaired) electrons. The van der Waals surface area contributed by atoms with Crippen LogP contribution in [0.1, 0.15) is 21.8 Å². The van der Waals surface area contributed by atoms with Crippen LogP contribution >= 0.6 is 0 Å². The molecule has 0 amide bonds. The predicted molar refractivity (Wildman–Crippen MR) is 65.5 cm³/mol. The van der Waals surface area contributed by atoms with Crippen molar-refractivity contribution in [3.8, 4) is 0 Å². The Balaban J connectivity index is 2.34. The van der Waals surface area contributed by atoms with Gasteiger partial charge in [-0.1, -0.05) is 30.3 Å². The Hall–Kier alpha value is -1.83. The maximum absolute atomic E-state index is 10.9. The first kappa shape index (κ1) is 10.7. The molecule has 82 valence electrons. The number of nitrogens with zero attached hydrogens (tertiary/aromatic N) is 1. The number of allylic oxidation sites excluding steroid dienone is 3. The molecule has 0 aliphatic heterocycles. The summed E-state index contributed by atoms with van der Waals surface area (Å²) in [5, 5.41) is 0. The fourth-order valence-electron chi connectivity index (χ4n) is 1.91. The van der Waals surface area contributed by atoms with Crippen LogP contribution in [0.25, 0.3) is 0 Å². The minimum absolute atomic E-state index is 0.221. The van der Waals surface area contributed by atoms with Crippen LogP contribution in [0.3, 0.4) is 0 Å². The van der Waals surface area contributed by atoms with Crippen LogP contribution in [0.2, 0.25) is 0 Å². The minimum Gasteiger partial charge on any atom is -0.378 e. The molecular formula is C14H15NO. The summed E-state index contributed by atoms with van der Waals surface area (Å²) in [4.78, 5) is 13.0. The van der Waals surface area contributed by atoms with E-state index in [9.17, 15) is 4.79 Å². The average molecular weight is 213 g/mol. The zero-order valence-corrected chi connectivity index (χ0v) is 9.55. The third kappa shape index (κ3) is 1.91. The zero-order chi connectivity index (χ0) is 11.5. The molecule has 16 heavy (non-hydrogen) atoms. The lowest BCUT2D eigenvalue weighted by molar-refractivity contribution is 0.112. The van der Waals surface area contributed by atoms with Crippen LogP contribution in [0.4, 0.5) is 0 Å². The molecule has 2 nitrogen and oxygen atoms in total. The second-order valence-corrected chi connectivity index (χ2v) is 4.12. The molecule has 0 saturated carbocycles. The molecular weight excluding hydrogens is 198 g/mol. The first-order chi connectivity index (χ1) is 7.72. The predicted octanol–water partition coefficient (Wildman–Crippen LogP) is 2.60. The Morgan fingerprint density at radius 3 is 2.62 bits per heavy atom. The van der Waals surface area contributed by atoms with E-state index in [1.54, 1.807) is 0 Å². The highest BCUT2D eigenvalue weighted by molar-refractivity contribution is 5.78. The number of hydrogen-bond acceptors (Lipinski definition) is 2. The highest BCUT2D eigenvalue weighted by Crippen LogP contribution is 2.28. The van der Waals surface area contributed by atoms with Crippen molar-refractivity contribution in [1.82, 2.24) is 4.90 Å². The van der Waals surface area contributed by atoms with Crippen molar-refractivity contribution in [2.45, 2.75) is 5.92 Å². The number of carbonyl (C=O) groups is 1. The Morgan fingerprint density at radius 2 is 2.00 bits per heavy atom. The van der Waals surface area contributed by atoms with Crippen molar-refractivity contribution < 1.29 is 4.79 Å². The van der Waals surface area contributed by atoms with Gasteiger partial charge in [0.05, 0.1) is 0 Å². The fourth-order valence-corrected chi connectivity index (χ4v) is 1.91. The molecule has 0 aromatic heterocycles. The quantitative estimate of drug-likeness (QED) is 0.719. The first-order valence-electron chi connectivity index (χ1n) is 5.34. The lowest BCUT2D eigenvalue weighted by Gasteiger charge is -2.12. The second-order valence-electron chi connectivity index (χ2n) is 4.12. The number of likely N-dealkylation sites (N-methyl/N-ethyl adjacent to an activating group) is 1. The van der Waals surface area contributed by atoms with Crippen LogP contribution in [0.15, 0.2) is 48.2 Å². The number of aldehydes is 1. The van der Waals surface area contributed by atoms with Gasteiger partial charge in [-0.05, 0) is 17.7 Å². The zero-order valence-electron chi connectivity index (χ0n) is 9.55. The monoisotopic (exact) mass is 213 g/mol. The van der Waals surface area contributed by atoms with E-state index in [4.69, 9.17) is 0 Å². The molecule has 1 atom stereocenters. The van der Waals surface area contributed by atoms with Crippen molar-refractivity contribution in [1.29, 1.82) is 0 Å². The van der Waals surface area contributed by atoms with Crippen LogP contribution in [-0.2, 0) is 0 Å². The summed E-state index contributed by atoms with van der Waals surface area (Å²) < 4.78 is 0. The molecule has 1 aliphatic rings. The van der Waals surface area contributed by atoms with Gasteiger partial charge in [-0.15, -0.1) is 0 Å². The molecule has 1 unspecified atom stereocenters. The maximum atomic E-state index is 10.9. The topological polar surface area (TPSA) is 20.3 Å². The van der Waals surface area contributed by atoms with E-state index in [1.165, 1.54) is 5.70 Å². The van der Waals surface area contributed by atoms with Crippen LogP contribution < -0.4 is 0 Å². The van der Waals surface area contributed by atoms with Crippen molar-refractivity contribution in [3.05, 3.63) is 59.3 Å². The van der Waals surface area contributed by atoms with Crippen molar-refractivity contribution >= 4 is 6.29 Å². The van der Waals surface area contributed by atoms with Gasteiger partial charge in [-0.2, -0.15) is 0 Å². The lowest BCUT2D eigenvalue weighted by Crippen LogP contribution is -2.07. The smallest absolute Gasteiger partial charge is 0.150 e. The second kappa shape index (κ2) is 4.35. The highest BCUT2D eigenvalue weighted by atomic mass is 16.1. The van der Waals surface area contributed by atoms with Gasteiger partial charge in [-0.3, -0.25) is 4.79 Å². The van der Waals surface area contributed by atoms with E-state index in [1.807, 2.05) is 38.4 Å². The van der Waals surface area contributed by atoms with Crippen molar-refractivity contribution in [2.75, 3.05) is 14.1 Å². The van der Waals surface area contributed by atoms with Gasteiger partial charge < -0.3 is 4.90 Å². The summed E-state index contributed by atoms with van der Waals surface area (Å²) in [6.07, 6.45) is 7.30. The van der Waals surface area contributed by atoms with Crippen LogP contribution in [0, 0.1) is 0 Å². The molecule has 1 aromatic carbocycles. The summed E-state index contributed by atoms with van der Waals surface area (Å²) in [5.74, 6) is 0.221. The summed E-state index contributed by atoms with van der Waals surface area (Å²) in [7, 11) is 4.04. The van der Waals surface area contributed by atoms with E-state index in [0.29, 0.717) is 0 Å². The molecule has 0 saturated heterocycles. The number of benzene rings is 1. The minimum atomic E-state index is 0.221. The van der Waals surface area contributed by atoms with Gasteiger partial charge in [0, 0.05) is 31.3 Å². The largest absolute Gasteiger partial charge is 0.378 e. The Labute approximate surface area is 95.9 Å². The van der Waals surface area contributed by atoms with Crippen molar-refractivity contribution in [2.24, 2.45) is 0 Å². The van der Waals surface area contributed by atoms with E-state index in [0.717, 1.165) is 17.4 Å². The Kier molecular flexibility index (Phi) is 2.91. The summed E-state index contributed by atoms with van der Waals surface area (Å²) in [5.41, 5.74) is 3.03. The van der Waals surface area contributed by atoms with Gasteiger partial charge in [0.25, 0.3) is 0 Å². The first-order valence-corrected chi connectivity index (χ1v) is 5.34. The van der Waals surface area contributed by atoms with Crippen molar-refractivity contribution in [3.63, 3.8) is 0 Å². The van der Waals surface area contributed by atoms with E-state index < -0.39 is 0 Å². The van der Waals surface area contributed by atoms with E-state index >= 15 is 0 Å². The SMILES string of the molecule is CN(C)C1=CC(c2ccccc2C=O)C=C1. The third-order valence-corrected chi connectivity index (χ3v) is 2.82. The van der Waals surface area contributed by atoms with Gasteiger partial charge in [0.1, 0.15) is 6.29 Å². The Bertz CT molecular complexity index is 458. The summed E-state index contributed by atoms with van der Waals surface area (Å²) in [6.45, 7) is 0. The molecule has 0 heterocycles. The molecule has 0 spiro atoms. The third-order valence-electron chi connectivity index (χ3n) is 2.82. The maximum Gasteiger partial charge on any atom is 0.150 e. The van der Waals surface area contributed by atoms with Crippen LogP contribution in [0.5, 0.6) is 0 Å². The number of carbonyl (C=O) groups excluding carboxylic acids is 1. The molecule has 1 aromatic rings. The molecule has 0 fully saturated rings. The van der Waals surface area contributed by atoms with E-state index in [2.05, 4.69) is 23.1 Å². The summed E-state index contributed by atoms with van der Waals surface area (Å²) in [6, 6.07) is 7.73. The molecule has 1 aliphatic carbocycles. The molecule has 2 heteroatoms. The Morgan fingerprint density at radius 1 is 1.25 bits per heavy atom. The summed E-state index contributed by atoms with van der Waals surface area (Å²) >= 11 is 0. The fraction of sp³-hybridized carbons (Fsp3) is 0.214. The highest BCUT2D eigenvalue weighted by Gasteiger charge is 2.15. The van der Waals surface area contributed by atoms with Gasteiger partial charge >= 0.3 is 0 Å². The normalized spacial score (nSPS) is 18.4.